The summed E-state index contributed by atoms with van der Waals surface area (Å²) in [6.07, 6.45) is 3.47. The van der Waals surface area contributed by atoms with Crippen molar-refractivity contribution in [2.24, 2.45) is 5.41 Å². The first-order valence-corrected chi connectivity index (χ1v) is 7.69. The fraction of sp³-hybridized carbons (Fsp3) is 0.647. The Morgan fingerprint density at radius 1 is 1.20 bits per heavy atom. The average molecular weight is 276 g/mol. The fourth-order valence-electron chi connectivity index (χ4n) is 3.19. The maximum Gasteiger partial charge on any atom is 0.0472 e. The van der Waals surface area contributed by atoms with E-state index in [1.807, 2.05) is 0 Å². The monoisotopic (exact) mass is 276 g/mol. The lowest BCUT2D eigenvalue weighted by atomic mass is 9.79. The van der Waals surface area contributed by atoms with E-state index in [4.69, 9.17) is 4.74 Å². The number of ether oxygens (including phenoxy) is 1. The Bertz CT molecular complexity index is 368. The maximum atomic E-state index is 5.54. The highest BCUT2D eigenvalue weighted by atomic mass is 16.5. The Balaban J connectivity index is 1.83. The second kappa shape index (κ2) is 7.77. The Morgan fingerprint density at radius 3 is 2.55 bits per heavy atom. The lowest BCUT2D eigenvalue weighted by molar-refractivity contribution is 0.000468. The molecule has 1 aromatic carbocycles. The summed E-state index contributed by atoms with van der Waals surface area (Å²) < 4.78 is 5.54. The highest BCUT2D eigenvalue weighted by Crippen LogP contribution is 2.30. The molecule has 1 fully saturated rings. The standard InChI is InChI=1S/C17H28N2O/c1-18-14-17(9-12-20-13-10-17)15-19(2)11-8-16-6-4-3-5-7-16/h3-7,18H,8-15H2,1-2H3. The molecule has 0 aromatic heterocycles. The van der Waals surface area contributed by atoms with Crippen LogP contribution in [0.25, 0.3) is 0 Å². The summed E-state index contributed by atoms with van der Waals surface area (Å²) in [6.45, 7) is 5.19. The maximum absolute atomic E-state index is 5.54. The van der Waals surface area contributed by atoms with Gasteiger partial charge in [0.1, 0.15) is 0 Å². The van der Waals surface area contributed by atoms with Crippen LogP contribution in [0, 0.1) is 5.41 Å². The molecule has 0 radical (unpaired) electrons. The third-order valence-corrected chi connectivity index (χ3v) is 4.34. The van der Waals surface area contributed by atoms with E-state index in [-0.39, 0.29) is 0 Å². The van der Waals surface area contributed by atoms with Gasteiger partial charge in [-0.1, -0.05) is 30.3 Å². The van der Waals surface area contributed by atoms with Crippen LogP contribution >= 0.6 is 0 Å². The summed E-state index contributed by atoms with van der Waals surface area (Å²) in [5.41, 5.74) is 1.81. The van der Waals surface area contributed by atoms with Gasteiger partial charge in [-0.25, -0.2) is 0 Å². The Labute approximate surface area is 123 Å². The lowest BCUT2D eigenvalue weighted by Gasteiger charge is -2.40. The predicted octanol–water partition coefficient (Wildman–Crippen LogP) is 2.18. The first kappa shape index (κ1) is 15.5. The van der Waals surface area contributed by atoms with Crippen molar-refractivity contribution >= 4 is 0 Å². The van der Waals surface area contributed by atoms with Gasteiger partial charge < -0.3 is 15.0 Å². The summed E-state index contributed by atoms with van der Waals surface area (Å²) in [7, 11) is 4.30. The SMILES string of the molecule is CNCC1(CN(C)CCc2ccccc2)CCOCC1. The number of benzene rings is 1. The van der Waals surface area contributed by atoms with Gasteiger partial charge in [-0.15, -0.1) is 0 Å². The summed E-state index contributed by atoms with van der Waals surface area (Å²) in [6, 6.07) is 10.8. The second-order valence-corrected chi connectivity index (χ2v) is 6.12. The lowest BCUT2D eigenvalue weighted by Crippen LogP contribution is -2.46. The number of rotatable bonds is 7. The Kier molecular flexibility index (Phi) is 6.02. The summed E-state index contributed by atoms with van der Waals surface area (Å²) >= 11 is 0. The van der Waals surface area contributed by atoms with Crippen LogP contribution in [0.5, 0.6) is 0 Å². The van der Waals surface area contributed by atoms with Gasteiger partial charge in [0.05, 0.1) is 0 Å². The van der Waals surface area contributed by atoms with Crippen LogP contribution in [0.2, 0.25) is 0 Å². The molecule has 0 amide bonds. The van der Waals surface area contributed by atoms with Crippen molar-refractivity contribution in [3.05, 3.63) is 35.9 Å². The van der Waals surface area contributed by atoms with Crippen molar-refractivity contribution < 1.29 is 4.74 Å². The topological polar surface area (TPSA) is 24.5 Å². The predicted molar refractivity (Wildman–Crippen MR) is 84.1 cm³/mol. The van der Waals surface area contributed by atoms with E-state index in [9.17, 15) is 0 Å². The van der Waals surface area contributed by atoms with Gasteiger partial charge in [0, 0.05) is 32.8 Å². The Hall–Kier alpha value is -0.900. The van der Waals surface area contributed by atoms with Crippen LogP contribution in [-0.4, -0.2) is 51.8 Å². The summed E-state index contributed by atoms with van der Waals surface area (Å²) in [4.78, 5) is 2.48. The van der Waals surface area contributed by atoms with E-state index in [0.717, 1.165) is 39.3 Å². The molecule has 0 saturated carbocycles. The minimum absolute atomic E-state index is 0.387. The zero-order valence-corrected chi connectivity index (χ0v) is 12.9. The highest BCUT2D eigenvalue weighted by molar-refractivity contribution is 5.14. The minimum Gasteiger partial charge on any atom is -0.381 e. The molecule has 0 atom stereocenters. The van der Waals surface area contributed by atoms with Gasteiger partial charge >= 0.3 is 0 Å². The number of hydrogen-bond acceptors (Lipinski definition) is 3. The van der Waals surface area contributed by atoms with E-state index in [2.05, 4.69) is 54.6 Å². The molecule has 2 rings (SSSR count). The molecule has 1 heterocycles. The third kappa shape index (κ3) is 4.58. The molecule has 1 N–H and O–H groups in total. The van der Waals surface area contributed by atoms with Gasteiger partial charge in [0.2, 0.25) is 0 Å². The molecule has 0 spiro atoms. The zero-order chi connectivity index (χ0) is 14.3. The van der Waals surface area contributed by atoms with Crippen molar-refractivity contribution in [2.75, 3.05) is 46.9 Å². The van der Waals surface area contributed by atoms with E-state index in [0.29, 0.717) is 5.41 Å². The molecule has 1 aromatic rings. The number of nitrogens with zero attached hydrogens (tertiary/aromatic N) is 1. The molecule has 20 heavy (non-hydrogen) atoms. The molecule has 112 valence electrons. The van der Waals surface area contributed by atoms with E-state index < -0.39 is 0 Å². The van der Waals surface area contributed by atoms with Crippen LogP contribution in [0.4, 0.5) is 0 Å². The first-order valence-electron chi connectivity index (χ1n) is 7.69. The number of nitrogens with one attached hydrogen (secondary N) is 1. The van der Waals surface area contributed by atoms with Crippen LogP contribution in [-0.2, 0) is 11.2 Å². The van der Waals surface area contributed by atoms with Crippen molar-refractivity contribution in [3.63, 3.8) is 0 Å². The van der Waals surface area contributed by atoms with E-state index >= 15 is 0 Å². The van der Waals surface area contributed by atoms with Crippen LogP contribution in [0.15, 0.2) is 30.3 Å². The van der Waals surface area contributed by atoms with Crippen LogP contribution in [0.3, 0.4) is 0 Å². The van der Waals surface area contributed by atoms with Gasteiger partial charge in [-0.2, -0.15) is 0 Å². The number of likely N-dealkylation sites (N-methyl/N-ethyl adjacent to an activating group) is 1. The normalized spacial score (nSPS) is 18.4. The third-order valence-electron chi connectivity index (χ3n) is 4.34. The Morgan fingerprint density at radius 2 is 1.90 bits per heavy atom. The average Bonchev–Trinajstić information content (AvgIpc) is 2.47. The molecule has 1 aliphatic rings. The molecule has 1 saturated heterocycles. The van der Waals surface area contributed by atoms with Crippen LogP contribution < -0.4 is 5.32 Å². The van der Waals surface area contributed by atoms with Crippen molar-refractivity contribution in [1.82, 2.24) is 10.2 Å². The van der Waals surface area contributed by atoms with Gasteiger partial charge in [0.15, 0.2) is 0 Å². The fourth-order valence-corrected chi connectivity index (χ4v) is 3.19. The smallest absolute Gasteiger partial charge is 0.0472 e. The minimum atomic E-state index is 0.387. The van der Waals surface area contributed by atoms with E-state index in [1.54, 1.807) is 0 Å². The molecular formula is C17H28N2O. The molecule has 0 aliphatic carbocycles. The second-order valence-electron chi connectivity index (χ2n) is 6.12. The molecule has 3 nitrogen and oxygen atoms in total. The first-order chi connectivity index (χ1) is 9.74. The molecule has 3 heteroatoms. The molecular weight excluding hydrogens is 248 g/mol. The van der Waals surface area contributed by atoms with Gasteiger partial charge in [-0.05, 0) is 44.3 Å². The van der Waals surface area contributed by atoms with Crippen molar-refractivity contribution in [2.45, 2.75) is 19.3 Å². The number of hydrogen-bond donors (Lipinski definition) is 1. The highest BCUT2D eigenvalue weighted by Gasteiger charge is 2.32. The van der Waals surface area contributed by atoms with Crippen molar-refractivity contribution in [1.29, 1.82) is 0 Å². The molecule has 1 aliphatic heterocycles. The van der Waals surface area contributed by atoms with Crippen LogP contribution in [0.1, 0.15) is 18.4 Å². The summed E-state index contributed by atoms with van der Waals surface area (Å²) in [5.74, 6) is 0. The largest absolute Gasteiger partial charge is 0.381 e. The van der Waals surface area contributed by atoms with Gasteiger partial charge in [-0.3, -0.25) is 0 Å². The zero-order valence-electron chi connectivity index (χ0n) is 12.9. The van der Waals surface area contributed by atoms with Gasteiger partial charge in [0.25, 0.3) is 0 Å². The van der Waals surface area contributed by atoms with E-state index in [1.165, 1.54) is 18.4 Å². The quantitative estimate of drug-likeness (QED) is 0.826. The summed E-state index contributed by atoms with van der Waals surface area (Å²) in [5, 5.41) is 3.38. The van der Waals surface area contributed by atoms with Crippen molar-refractivity contribution in [3.8, 4) is 0 Å². The molecule has 0 unspecified atom stereocenters. The molecule has 0 bridgehead atoms.